The van der Waals surface area contributed by atoms with Crippen molar-refractivity contribution in [2.75, 3.05) is 0 Å². The lowest BCUT2D eigenvalue weighted by Gasteiger charge is -2.18. The lowest BCUT2D eigenvalue weighted by Crippen LogP contribution is -2.14. The second-order valence-electron chi connectivity index (χ2n) is 17.2. The van der Waals surface area contributed by atoms with E-state index in [2.05, 4.69) is 181 Å². The molecule has 0 aliphatic heterocycles. The van der Waals surface area contributed by atoms with Gasteiger partial charge in [0.25, 0.3) is 0 Å². The normalized spacial score (nSPS) is 11.9. The van der Waals surface area contributed by atoms with E-state index in [0.717, 1.165) is 144 Å². The van der Waals surface area contributed by atoms with Gasteiger partial charge in [-0.1, -0.05) is 170 Å². The zero-order valence-corrected chi connectivity index (χ0v) is 36.0. The number of aromatic amines is 1. The van der Waals surface area contributed by atoms with Crippen molar-refractivity contribution in [3.05, 3.63) is 218 Å². The van der Waals surface area contributed by atoms with Crippen molar-refractivity contribution >= 4 is 76.6 Å². The van der Waals surface area contributed by atoms with Crippen LogP contribution in [-0.2, 0) is 0 Å². The molecule has 0 atom stereocenters. The summed E-state index contributed by atoms with van der Waals surface area (Å²) < 4.78 is 20.6. The summed E-state index contributed by atoms with van der Waals surface area (Å²) in [4.78, 5) is 9.45. The Labute approximate surface area is 383 Å². The molecule has 0 spiro atoms. The molecular formula is C62H37N2O3+. The van der Waals surface area contributed by atoms with Crippen LogP contribution >= 0.6 is 0 Å². The van der Waals surface area contributed by atoms with E-state index in [0.29, 0.717) is 0 Å². The summed E-state index contributed by atoms with van der Waals surface area (Å²) in [6, 6.07) is 76.4. The van der Waals surface area contributed by atoms with Crippen molar-refractivity contribution in [3.63, 3.8) is 0 Å². The number of rotatable bonds is 6. The van der Waals surface area contributed by atoms with Gasteiger partial charge in [0.05, 0.1) is 5.56 Å². The van der Waals surface area contributed by atoms with Gasteiger partial charge in [-0.05, 0) is 74.9 Å². The Morgan fingerprint density at radius 3 is 1.33 bits per heavy atom. The van der Waals surface area contributed by atoms with Crippen LogP contribution in [0.15, 0.2) is 232 Å². The first kappa shape index (κ1) is 37.3. The first-order valence-corrected chi connectivity index (χ1v) is 22.6. The average Bonchev–Trinajstić information content (AvgIpc) is 4.10. The Kier molecular flexibility index (Phi) is 8.21. The highest BCUT2D eigenvalue weighted by Gasteiger charge is 2.29. The van der Waals surface area contributed by atoms with Gasteiger partial charge in [-0.2, -0.15) is 0 Å². The third-order valence-corrected chi connectivity index (χ3v) is 13.4. The molecule has 0 saturated heterocycles. The average molecular weight is 858 g/mol. The van der Waals surface area contributed by atoms with Gasteiger partial charge < -0.3 is 13.3 Å². The molecule has 0 aliphatic carbocycles. The van der Waals surface area contributed by atoms with E-state index in [-0.39, 0.29) is 0 Å². The van der Waals surface area contributed by atoms with Gasteiger partial charge in [0.2, 0.25) is 0 Å². The van der Waals surface area contributed by atoms with Gasteiger partial charge in [-0.15, -0.1) is 0 Å². The molecular weight excluding hydrogens is 821 g/mol. The topological polar surface area (TPSA) is 66.5 Å². The highest BCUT2D eigenvalue weighted by Crippen LogP contribution is 2.49. The number of aromatic nitrogens is 2. The van der Waals surface area contributed by atoms with Crippen LogP contribution in [0.2, 0.25) is 0 Å². The van der Waals surface area contributed by atoms with Crippen molar-refractivity contribution in [2.45, 2.75) is 0 Å². The van der Waals surface area contributed by atoms with Crippen molar-refractivity contribution < 1.29 is 18.2 Å². The Bertz CT molecular complexity index is 4150. The van der Waals surface area contributed by atoms with Crippen LogP contribution in [0.4, 0.5) is 0 Å². The van der Waals surface area contributed by atoms with Gasteiger partial charge in [-0.25, -0.2) is 4.98 Å². The number of nitrogens with zero attached hydrogens (tertiary/aromatic N) is 1. The van der Waals surface area contributed by atoms with Gasteiger partial charge in [-0.3, -0.25) is 0 Å². The van der Waals surface area contributed by atoms with Gasteiger partial charge >= 0.3 is 5.82 Å². The monoisotopic (exact) mass is 857 g/mol. The maximum atomic E-state index is 6.91. The van der Waals surface area contributed by atoms with Crippen LogP contribution in [0.5, 0.6) is 0 Å². The van der Waals surface area contributed by atoms with E-state index >= 15 is 0 Å². The molecule has 10 aromatic carbocycles. The van der Waals surface area contributed by atoms with Crippen LogP contribution in [0.1, 0.15) is 0 Å². The number of hydrogen-bond donors (Lipinski definition) is 0. The molecule has 0 saturated carbocycles. The Morgan fingerprint density at radius 2 is 0.746 bits per heavy atom. The minimum atomic E-state index is 0.748. The molecule has 4 aromatic heterocycles. The zero-order valence-electron chi connectivity index (χ0n) is 36.0. The summed E-state index contributed by atoms with van der Waals surface area (Å²) in [6.45, 7) is 0. The maximum absolute atomic E-state index is 6.91. The Hall–Kier alpha value is -9.06. The molecule has 0 radical (unpaired) electrons. The summed E-state index contributed by atoms with van der Waals surface area (Å²) in [5.74, 6) is 0.748. The van der Waals surface area contributed by atoms with Gasteiger partial charge in [0.1, 0.15) is 39.2 Å². The third-order valence-electron chi connectivity index (χ3n) is 13.4. The largest absolute Gasteiger partial charge is 0.455 e. The van der Waals surface area contributed by atoms with E-state index in [1.54, 1.807) is 0 Å². The number of benzene rings is 10. The summed E-state index contributed by atoms with van der Waals surface area (Å²) in [5, 5.41) is 8.65. The number of fused-ring (bicyclic) bond motifs is 10. The SMILES string of the molecule is c1ccc(-c2nc(-c3c(-c4cccc5c4oc4ccccc45)cc(-c4cccc5c4oc4ccccc45)cc3-c3cccc4c3oc3ccccc34)cc(-c3cccc4ccccc34)[nH+]2)cc1. The first-order valence-electron chi connectivity index (χ1n) is 22.6. The molecule has 14 rings (SSSR count). The second kappa shape index (κ2) is 14.7. The quantitative estimate of drug-likeness (QED) is 0.167. The highest BCUT2D eigenvalue weighted by molar-refractivity contribution is 6.16. The minimum absolute atomic E-state index is 0.748. The van der Waals surface area contributed by atoms with Crippen molar-refractivity contribution in [1.29, 1.82) is 0 Å². The minimum Gasteiger partial charge on any atom is -0.455 e. The number of nitrogens with one attached hydrogen (secondary N) is 1. The van der Waals surface area contributed by atoms with Crippen LogP contribution in [-0.4, -0.2) is 4.98 Å². The van der Waals surface area contributed by atoms with Crippen molar-refractivity contribution in [3.8, 4) is 67.3 Å². The zero-order chi connectivity index (χ0) is 44.0. The summed E-state index contributed by atoms with van der Waals surface area (Å²) in [7, 11) is 0. The lowest BCUT2D eigenvalue weighted by molar-refractivity contribution is -0.355. The summed E-state index contributed by atoms with van der Waals surface area (Å²) in [5.41, 5.74) is 15.4. The number of furan rings is 3. The van der Waals surface area contributed by atoms with E-state index < -0.39 is 0 Å². The maximum Gasteiger partial charge on any atom is 0.329 e. The fourth-order valence-electron chi connectivity index (χ4n) is 10.3. The van der Waals surface area contributed by atoms with Crippen molar-refractivity contribution in [2.24, 2.45) is 0 Å². The predicted octanol–water partition coefficient (Wildman–Crippen LogP) is 16.7. The lowest BCUT2D eigenvalue weighted by atomic mass is 9.85. The van der Waals surface area contributed by atoms with Crippen LogP contribution in [0.25, 0.3) is 144 Å². The summed E-state index contributed by atoms with van der Waals surface area (Å²) in [6.07, 6.45) is 0. The fourth-order valence-corrected chi connectivity index (χ4v) is 10.3. The number of hydrogen-bond acceptors (Lipinski definition) is 4. The highest BCUT2D eigenvalue weighted by atomic mass is 16.3. The first-order chi connectivity index (χ1) is 33.2. The Balaban J connectivity index is 1.17. The smallest absolute Gasteiger partial charge is 0.329 e. The molecule has 312 valence electrons. The Morgan fingerprint density at radius 1 is 0.313 bits per heavy atom. The molecule has 0 amide bonds. The van der Waals surface area contributed by atoms with Crippen LogP contribution < -0.4 is 4.98 Å². The van der Waals surface area contributed by atoms with Gasteiger partial charge in [0, 0.05) is 66.2 Å². The second-order valence-corrected chi connectivity index (χ2v) is 17.2. The standard InChI is InChI=1S/C62H36N2O3/c1-2-17-38(18-3-1)62-63-53(42-25-12-19-37-16-4-5-20-40(37)42)36-54(64-62)58-51(49-29-14-27-47-44-22-7-10-32-56(44)66-60(47)49)34-39(41-24-13-26-46-43-21-6-9-31-55(43)65-59(41)46)35-52(58)50-30-15-28-48-45-23-8-11-33-57(45)67-61(48)50/h1-36H/p+1. The van der Waals surface area contributed by atoms with Crippen LogP contribution in [0.3, 0.4) is 0 Å². The molecule has 5 heteroatoms. The molecule has 0 unspecified atom stereocenters. The molecule has 4 heterocycles. The number of para-hydroxylation sites is 6. The molecule has 0 bridgehead atoms. The molecule has 67 heavy (non-hydrogen) atoms. The van der Waals surface area contributed by atoms with E-state index in [1.807, 2.05) is 42.5 Å². The molecule has 0 aliphatic rings. The molecule has 1 N–H and O–H groups in total. The third kappa shape index (κ3) is 5.88. The van der Waals surface area contributed by atoms with E-state index in [1.165, 1.54) is 0 Å². The van der Waals surface area contributed by atoms with E-state index in [4.69, 9.17) is 18.2 Å². The van der Waals surface area contributed by atoms with E-state index in [9.17, 15) is 0 Å². The summed E-state index contributed by atoms with van der Waals surface area (Å²) >= 11 is 0. The molecule has 5 nitrogen and oxygen atoms in total. The predicted molar refractivity (Wildman–Crippen MR) is 273 cm³/mol. The van der Waals surface area contributed by atoms with Crippen molar-refractivity contribution in [1.82, 2.24) is 4.98 Å². The fraction of sp³-hybridized carbons (Fsp3) is 0. The number of H-pyrrole nitrogens is 1. The molecule has 14 aromatic rings. The molecule has 0 fully saturated rings. The van der Waals surface area contributed by atoms with Crippen LogP contribution in [0, 0.1) is 0 Å². The van der Waals surface area contributed by atoms with Gasteiger partial charge in [0.15, 0.2) is 5.69 Å².